The highest BCUT2D eigenvalue weighted by Gasteiger charge is 2.16. The van der Waals surface area contributed by atoms with E-state index in [0.717, 1.165) is 0 Å². The van der Waals surface area contributed by atoms with Gasteiger partial charge in [-0.25, -0.2) is 13.1 Å². The summed E-state index contributed by atoms with van der Waals surface area (Å²) < 4.78 is 26.6. The number of nitrogen functional groups attached to an aromatic ring is 1. The van der Waals surface area contributed by atoms with E-state index in [-0.39, 0.29) is 11.4 Å². The predicted octanol–water partition coefficient (Wildman–Crippen LogP) is 1.43. The van der Waals surface area contributed by atoms with Crippen LogP contribution in [0.4, 0.5) is 5.69 Å². The van der Waals surface area contributed by atoms with Crippen LogP contribution in [0.2, 0.25) is 5.02 Å². The maximum absolute atomic E-state index is 12.1. The molecular formula is C11H13ClN4O2S. The van der Waals surface area contributed by atoms with Gasteiger partial charge in [-0.2, -0.15) is 5.10 Å². The lowest BCUT2D eigenvalue weighted by Gasteiger charge is -2.09. The Hall–Kier alpha value is -1.57. The van der Waals surface area contributed by atoms with Crippen molar-refractivity contribution < 1.29 is 8.42 Å². The normalized spacial score (nSPS) is 11.7. The van der Waals surface area contributed by atoms with E-state index in [0.29, 0.717) is 22.0 Å². The smallest absolute Gasteiger partial charge is 0.241 e. The van der Waals surface area contributed by atoms with Crippen LogP contribution in [-0.4, -0.2) is 18.6 Å². The summed E-state index contributed by atoms with van der Waals surface area (Å²) in [7, 11) is -3.66. The number of sulfonamides is 1. The molecule has 0 saturated carbocycles. The molecule has 0 fully saturated rings. The van der Waals surface area contributed by atoms with Crippen LogP contribution >= 0.6 is 11.6 Å². The van der Waals surface area contributed by atoms with Crippen LogP contribution in [0.25, 0.3) is 0 Å². The maximum atomic E-state index is 12.1. The molecule has 0 unspecified atom stereocenters. The largest absolute Gasteiger partial charge is 0.398 e. The molecule has 1 heterocycles. The Morgan fingerprint density at radius 3 is 2.79 bits per heavy atom. The maximum Gasteiger partial charge on any atom is 0.241 e. The third-order valence-corrected chi connectivity index (χ3v) is 4.45. The van der Waals surface area contributed by atoms with Gasteiger partial charge in [0.1, 0.15) is 0 Å². The Morgan fingerprint density at radius 1 is 1.47 bits per heavy atom. The minimum absolute atomic E-state index is 0.0418. The van der Waals surface area contributed by atoms with Crippen LogP contribution in [0.1, 0.15) is 11.3 Å². The molecule has 19 heavy (non-hydrogen) atoms. The van der Waals surface area contributed by atoms with Crippen LogP contribution < -0.4 is 10.5 Å². The van der Waals surface area contributed by atoms with Crippen LogP contribution in [0.15, 0.2) is 29.3 Å². The standard InChI is InChI=1S/C11H13ClN4O2S/c1-7-10(12)4-9(5-11(7)13)19(17,18)15-6-8-2-3-14-16-8/h2-5,15H,6,13H2,1H3,(H,14,16). The minimum Gasteiger partial charge on any atom is -0.398 e. The molecule has 1 aromatic heterocycles. The molecule has 1 aromatic carbocycles. The third-order valence-electron chi connectivity index (χ3n) is 2.68. The first-order chi connectivity index (χ1) is 8.90. The Labute approximate surface area is 116 Å². The van der Waals surface area contributed by atoms with Crippen molar-refractivity contribution >= 4 is 27.3 Å². The molecule has 0 bridgehead atoms. The highest BCUT2D eigenvalue weighted by molar-refractivity contribution is 7.89. The first kappa shape index (κ1) is 13.9. The Morgan fingerprint density at radius 2 is 2.21 bits per heavy atom. The van der Waals surface area contributed by atoms with Crippen molar-refractivity contribution in [1.29, 1.82) is 0 Å². The molecule has 0 saturated heterocycles. The summed E-state index contributed by atoms with van der Waals surface area (Å²) in [6.45, 7) is 1.85. The number of rotatable bonds is 4. The van der Waals surface area contributed by atoms with Gasteiger partial charge in [0.25, 0.3) is 0 Å². The van der Waals surface area contributed by atoms with Gasteiger partial charge in [0.05, 0.1) is 17.1 Å². The predicted molar refractivity (Wildman–Crippen MR) is 73.2 cm³/mol. The van der Waals surface area contributed by atoms with Gasteiger partial charge < -0.3 is 5.73 Å². The Bertz CT molecular complexity index is 660. The van der Waals surface area contributed by atoms with Gasteiger partial charge in [-0.15, -0.1) is 0 Å². The SMILES string of the molecule is Cc1c(N)cc(S(=O)(=O)NCc2ccn[nH]2)cc1Cl. The fourth-order valence-corrected chi connectivity index (χ4v) is 2.83. The second kappa shape index (κ2) is 5.20. The fraction of sp³-hybridized carbons (Fsp3) is 0.182. The van der Waals surface area contributed by atoms with Crippen molar-refractivity contribution in [2.75, 3.05) is 5.73 Å². The molecule has 8 heteroatoms. The summed E-state index contributed by atoms with van der Waals surface area (Å²) in [6, 6.07) is 4.44. The van der Waals surface area contributed by atoms with Crippen LogP contribution in [0.5, 0.6) is 0 Å². The highest BCUT2D eigenvalue weighted by atomic mass is 35.5. The second-order valence-corrected chi connectivity index (χ2v) is 6.20. The number of nitrogens with two attached hydrogens (primary N) is 1. The molecule has 102 valence electrons. The molecule has 0 spiro atoms. The molecule has 4 N–H and O–H groups in total. The van der Waals surface area contributed by atoms with E-state index >= 15 is 0 Å². The van der Waals surface area contributed by atoms with Crippen molar-refractivity contribution in [1.82, 2.24) is 14.9 Å². The van der Waals surface area contributed by atoms with E-state index in [1.54, 1.807) is 19.2 Å². The zero-order valence-electron chi connectivity index (χ0n) is 10.1. The third kappa shape index (κ3) is 3.06. The molecule has 2 rings (SSSR count). The topological polar surface area (TPSA) is 101 Å². The van der Waals surface area contributed by atoms with Crippen molar-refractivity contribution in [2.45, 2.75) is 18.4 Å². The van der Waals surface area contributed by atoms with E-state index in [4.69, 9.17) is 17.3 Å². The minimum atomic E-state index is -3.66. The molecule has 0 amide bonds. The highest BCUT2D eigenvalue weighted by Crippen LogP contribution is 2.25. The first-order valence-corrected chi connectivity index (χ1v) is 7.30. The average molecular weight is 301 g/mol. The first-order valence-electron chi connectivity index (χ1n) is 5.43. The lowest BCUT2D eigenvalue weighted by atomic mass is 10.2. The summed E-state index contributed by atoms with van der Waals surface area (Å²) in [6.07, 6.45) is 1.55. The fourth-order valence-electron chi connectivity index (χ4n) is 1.47. The van der Waals surface area contributed by atoms with Gasteiger partial charge in [0, 0.05) is 16.9 Å². The monoisotopic (exact) mass is 300 g/mol. The Balaban J connectivity index is 2.24. The number of hydrogen-bond acceptors (Lipinski definition) is 4. The van der Waals surface area contributed by atoms with Crippen molar-refractivity contribution in [3.05, 3.63) is 40.7 Å². The van der Waals surface area contributed by atoms with E-state index in [1.165, 1.54) is 12.1 Å². The summed E-state index contributed by atoms with van der Waals surface area (Å²) in [5, 5.41) is 6.72. The molecule has 2 aromatic rings. The molecule has 0 aliphatic rings. The van der Waals surface area contributed by atoms with Crippen LogP contribution in [0, 0.1) is 6.92 Å². The van der Waals surface area contributed by atoms with Gasteiger partial charge in [-0.3, -0.25) is 5.10 Å². The Kier molecular flexibility index (Phi) is 3.79. The average Bonchev–Trinajstić information content (AvgIpc) is 2.86. The lowest BCUT2D eigenvalue weighted by Crippen LogP contribution is -2.23. The summed E-state index contributed by atoms with van der Waals surface area (Å²) in [4.78, 5) is 0.0418. The van der Waals surface area contributed by atoms with E-state index in [9.17, 15) is 8.42 Å². The van der Waals surface area contributed by atoms with Crippen molar-refractivity contribution in [2.24, 2.45) is 0 Å². The number of hydrogen-bond donors (Lipinski definition) is 3. The molecule has 0 radical (unpaired) electrons. The summed E-state index contributed by atoms with van der Waals surface area (Å²) in [5.41, 5.74) is 7.38. The number of anilines is 1. The molecule has 6 nitrogen and oxygen atoms in total. The van der Waals surface area contributed by atoms with Crippen molar-refractivity contribution in [3.63, 3.8) is 0 Å². The zero-order valence-corrected chi connectivity index (χ0v) is 11.7. The molecule has 0 aliphatic carbocycles. The van der Waals surface area contributed by atoms with Crippen LogP contribution in [0.3, 0.4) is 0 Å². The number of nitrogens with zero attached hydrogens (tertiary/aromatic N) is 1. The quantitative estimate of drug-likeness (QED) is 0.744. The summed E-state index contributed by atoms with van der Waals surface area (Å²) in [5.74, 6) is 0. The van der Waals surface area contributed by atoms with E-state index in [1.807, 2.05) is 0 Å². The van der Waals surface area contributed by atoms with E-state index in [2.05, 4.69) is 14.9 Å². The second-order valence-electron chi connectivity index (χ2n) is 4.03. The van der Waals surface area contributed by atoms with Gasteiger partial charge >= 0.3 is 0 Å². The van der Waals surface area contributed by atoms with Gasteiger partial charge in [0.2, 0.25) is 10.0 Å². The van der Waals surface area contributed by atoms with Gasteiger partial charge in [-0.05, 0) is 30.7 Å². The number of H-pyrrole nitrogens is 1. The summed E-state index contributed by atoms with van der Waals surface area (Å²) >= 11 is 5.94. The number of aromatic nitrogens is 2. The number of benzene rings is 1. The van der Waals surface area contributed by atoms with Crippen molar-refractivity contribution in [3.8, 4) is 0 Å². The molecular weight excluding hydrogens is 288 g/mol. The molecule has 0 atom stereocenters. The lowest BCUT2D eigenvalue weighted by molar-refractivity contribution is 0.580. The van der Waals surface area contributed by atoms with E-state index < -0.39 is 10.0 Å². The van der Waals surface area contributed by atoms with Gasteiger partial charge in [-0.1, -0.05) is 11.6 Å². The van der Waals surface area contributed by atoms with Crippen LogP contribution in [-0.2, 0) is 16.6 Å². The number of nitrogens with one attached hydrogen (secondary N) is 2. The molecule has 0 aliphatic heterocycles. The number of aromatic amines is 1. The number of halogens is 1. The van der Waals surface area contributed by atoms with Gasteiger partial charge in [0.15, 0.2) is 0 Å². The zero-order chi connectivity index (χ0) is 14.0.